The molecule has 0 unspecified atom stereocenters. The molecule has 1 heterocycles. The molecule has 0 amide bonds. The Hall–Kier alpha value is -2.30. The van der Waals surface area contributed by atoms with E-state index in [-0.39, 0.29) is 16.9 Å². The van der Waals surface area contributed by atoms with Crippen molar-refractivity contribution < 1.29 is 19.1 Å². The van der Waals surface area contributed by atoms with Crippen LogP contribution in [0.15, 0.2) is 29.0 Å². The molecule has 1 N–H and O–H groups in total. The molecule has 0 bridgehead atoms. The molecule has 0 spiro atoms. The summed E-state index contributed by atoms with van der Waals surface area (Å²) < 4.78 is 10.2. The van der Waals surface area contributed by atoms with Crippen molar-refractivity contribution in [1.29, 1.82) is 0 Å². The van der Waals surface area contributed by atoms with Crippen molar-refractivity contribution in [3.63, 3.8) is 0 Å². The Balaban J connectivity index is 2.65. The quantitative estimate of drug-likeness (QED) is 0.930. The van der Waals surface area contributed by atoms with Gasteiger partial charge in [0, 0.05) is 5.56 Å². The average Bonchev–Trinajstić information content (AvgIpc) is 2.86. The summed E-state index contributed by atoms with van der Waals surface area (Å²) in [6.07, 6.45) is 1.13. The lowest BCUT2D eigenvalue weighted by Crippen LogP contribution is -2.11. The van der Waals surface area contributed by atoms with Crippen molar-refractivity contribution in [2.45, 2.75) is 26.2 Å². The van der Waals surface area contributed by atoms with Crippen LogP contribution in [0.25, 0.3) is 11.3 Å². The number of nitrogens with zero attached hydrogens (tertiary/aromatic N) is 1. The standard InChI is InChI=1S/C15H17NO4/c1-15(2,3)9-5-6-11(19-4)10(7-9)12-13(14(17)18)20-8-16-12/h5-8H,1-4H3,(H,17,18). The van der Waals surface area contributed by atoms with Crippen LogP contribution >= 0.6 is 0 Å². The molecule has 0 saturated heterocycles. The summed E-state index contributed by atoms with van der Waals surface area (Å²) in [6.45, 7) is 6.25. The lowest BCUT2D eigenvalue weighted by atomic mass is 9.85. The number of carbonyl (C=O) groups is 1. The topological polar surface area (TPSA) is 72.6 Å². The van der Waals surface area contributed by atoms with Crippen LogP contribution in [0.5, 0.6) is 5.75 Å². The second kappa shape index (κ2) is 5.00. The fraction of sp³-hybridized carbons (Fsp3) is 0.333. The lowest BCUT2D eigenvalue weighted by Gasteiger charge is -2.20. The Morgan fingerprint density at radius 2 is 2.05 bits per heavy atom. The molecule has 0 saturated carbocycles. The van der Waals surface area contributed by atoms with E-state index in [4.69, 9.17) is 14.3 Å². The summed E-state index contributed by atoms with van der Waals surface area (Å²) in [7, 11) is 1.54. The van der Waals surface area contributed by atoms with E-state index in [0.29, 0.717) is 11.3 Å². The van der Waals surface area contributed by atoms with Crippen molar-refractivity contribution in [1.82, 2.24) is 4.98 Å². The third-order valence-corrected chi connectivity index (χ3v) is 3.08. The van der Waals surface area contributed by atoms with Gasteiger partial charge in [0.05, 0.1) is 7.11 Å². The van der Waals surface area contributed by atoms with E-state index in [9.17, 15) is 4.79 Å². The molecule has 1 aromatic carbocycles. The molecule has 2 aromatic rings. The van der Waals surface area contributed by atoms with Crippen molar-refractivity contribution in [3.05, 3.63) is 35.9 Å². The molecule has 0 aliphatic heterocycles. The molecule has 0 aliphatic rings. The molecule has 20 heavy (non-hydrogen) atoms. The minimum absolute atomic E-state index is 0.0614. The first kappa shape index (κ1) is 14.1. The predicted octanol–water partition coefficient (Wildman–Crippen LogP) is 3.35. The smallest absolute Gasteiger partial charge is 0.374 e. The average molecular weight is 275 g/mol. The first-order chi connectivity index (χ1) is 9.34. The SMILES string of the molecule is COc1ccc(C(C)(C)C)cc1-c1ncoc1C(=O)O. The van der Waals surface area contributed by atoms with Gasteiger partial charge < -0.3 is 14.3 Å². The van der Waals surface area contributed by atoms with Gasteiger partial charge >= 0.3 is 5.97 Å². The molecule has 5 nitrogen and oxygen atoms in total. The first-order valence-electron chi connectivity index (χ1n) is 6.20. The van der Waals surface area contributed by atoms with Crippen LogP contribution in [0, 0.1) is 0 Å². The summed E-state index contributed by atoms with van der Waals surface area (Å²) in [5, 5.41) is 9.13. The number of benzene rings is 1. The maximum absolute atomic E-state index is 11.2. The third-order valence-electron chi connectivity index (χ3n) is 3.08. The van der Waals surface area contributed by atoms with Crippen LogP contribution < -0.4 is 4.74 Å². The van der Waals surface area contributed by atoms with E-state index in [1.54, 1.807) is 0 Å². The normalized spacial score (nSPS) is 11.4. The van der Waals surface area contributed by atoms with Crippen LogP contribution in [-0.2, 0) is 5.41 Å². The largest absolute Gasteiger partial charge is 0.496 e. The zero-order chi connectivity index (χ0) is 14.9. The number of hydrogen-bond acceptors (Lipinski definition) is 4. The van der Waals surface area contributed by atoms with E-state index in [0.717, 1.165) is 12.0 Å². The van der Waals surface area contributed by atoms with Crippen LogP contribution in [0.2, 0.25) is 0 Å². The molecular formula is C15H17NO4. The molecule has 0 atom stereocenters. The Bertz CT molecular complexity index is 638. The van der Waals surface area contributed by atoms with E-state index < -0.39 is 5.97 Å². The van der Waals surface area contributed by atoms with E-state index in [2.05, 4.69) is 25.8 Å². The van der Waals surface area contributed by atoms with Crippen LogP contribution in [-0.4, -0.2) is 23.2 Å². The second-order valence-corrected chi connectivity index (χ2v) is 5.50. The van der Waals surface area contributed by atoms with Gasteiger partial charge in [0.2, 0.25) is 5.76 Å². The Kier molecular flexibility index (Phi) is 3.53. The monoisotopic (exact) mass is 275 g/mol. The van der Waals surface area contributed by atoms with Crippen molar-refractivity contribution in [2.24, 2.45) is 0 Å². The number of rotatable bonds is 3. The molecule has 0 aliphatic carbocycles. The molecular weight excluding hydrogens is 258 g/mol. The van der Waals surface area contributed by atoms with Gasteiger partial charge in [-0.1, -0.05) is 26.8 Å². The Labute approximate surface area is 117 Å². The minimum atomic E-state index is -1.15. The number of carboxylic acids is 1. The zero-order valence-electron chi connectivity index (χ0n) is 11.9. The third kappa shape index (κ3) is 2.52. The van der Waals surface area contributed by atoms with Gasteiger partial charge in [-0.25, -0.2) is 9.78 Å². The van der Waals surface area contributed by atoms with Gasteiger partial charge in [-0.05, 0) is 23.1 Å². The summed E-state index contributed by atoms with van der Waals surface area (Å²) in [5.74, 6) is -0.774. The van der Waals surface area contributed by atoms with Crippen LogP contribution in [0.1, 0.15) is 36.9 Å². The van der Waals surface area contributed by atoms with Crippen molar-refractivity contribution in [2.75, 3.05) is 7.11 Å². The van der Waals surface area contributed by atoms with Gasteiger partial charge in [0.1, 0.15) is 11.4 Å². The summed E-state index contributed by atoms with van der Waals surface area (Å²) >= 11 is 0. The highest BCUT2D eigenvalue weighted by Gasteiger charge is 2.23. The highest BCUT2D eigenvalue weighted by Crippen LogP contribution is 2.35. The fourth-order valence-electron chi connectivity index (χ4n) is 1.95. The van der Waals surface area contributed by atoms with E-state index >= 15 is 0 Å². The molecule has 1 aromatic heterocycles. The summed E-state index contributed by atoms with van der Waals surface area (Å²) in [4.78, 5) is 15.2. The maximum Gasteiger partial charge on any atom is 0.374 e. The molecule has 0 radical (unpaired) electrons. The molecule has 2 rings (SSSR count). The van der Waals surface area contributed by atoms with Crippen LogP contribution in [0.3, 0.4) is 0 Å². The van der Waals surface area contributed by atoms with Gasteiger partial charge in [-0.2, -0.15) is 0 Å². The van der Waals surface area contributed by atoms with Gasteiger partial charge in [0.15, 0.2) is 6.39 Å². The number of methoxy groups -OCH3 is 1. The highest BCUT2D eigenvalue weighted by atomic mass is 16.5. The number of aromatic nitrogens is 1. The molecule has 5 heteroatoms. The number of oxazole rings is 1. The molecule has 106 valence electrons. The van der Waals surface area contributed by atoms with Gasteiger partial charge in [-0.15, -0.1) is 0 Å². The summed E-state index contributed by atoms with van der Waals surface area (Å²) in [6, 6.07) is 5.67. The summed E-state index contributed by atoms with van der Waals surface area (Å²) in [5.41, 5.74) is 1.90. The number of carboxylic acid groups (broad SMARTS) is 1. The van der Waals surface area contributed by atoms with Gasteiger partial charge in [0.25, 0.3) is 0 Å². The number of aromatic carboxylic acids is 1. The first-order valence-corrected chi connectivity index (χ1v) is 6.20. The lowest BCUT2D eigenvalue weighted by molar-refractivity contribution is 0.0663. The Morgan fingerprint density at radius 3 is 2.60 bits per heavy atom. The van der Waals surface area contributed by atoms with Gasteiger partial charge in [-0.3, -0.25) is 0 Å². The molecule has 0 fully saturated rings. The van der Waals surface area contributed by atoms with E-state index in [1.165, 1.54) is 7.11 Å². The van der Waals surface area contributed by atoms with Crippen LogP contribution in [0.4, 0.5) is 0 Å². The predicted molar refractivity (Wildman–Crippen MR) is 74.2 cm³/mol. The second-order valence-electron chi connectivity index (χ2n) is 5.50. The van der Waals surface area contributed by atoms with E-state index in [1.807, 2.05) is 18.2 Å². The minimum Gasteiger partial charge on any atom is -0.496 e. The maximum atomic E-state index is 11.2. The van der Waals surface area contributed by atoms with Crippen molar-refractivity contribution >= 4 is 5.97 Å². The Morgan fingerprint density at radius 1 is 1.35 bits per heavy atom. The number of ether oxygens (including phenoxy) is 1. The van der Waals surface area contributed by atoms with Crippen molar-refractivity contribution in [3.8, 4) is 17.0 Å². The highest BCUT2D eigenvalue weighted by molar-refractivity contribution is 5.92. The number of hydrogen-bond donors (Lipinski definition) is 1. The zero-order valence-corrected chi connectivity index (χ0v) is 11.9. The fourth-order valence-corrected chi connectivity index (χ4v) is 1.95.